The summed E-state index contributed by atoms with van der Waals surface area (Å²) in [6.07, 6.45) is 9.86. The van der Waals surface area contributed by atoms with E-state index in [0.717, 1.165) is 49.2 Å². The maximum Gasteiger partial charge on any atom is 0.411 e. The number of carbonyl (C=O) groups excluding carboxylic acids is 2. The standard InChI is InChI=1S/C35H45ClN6O3/c1-5-39-23-37-20-28(39)14-16-41(21-24-8-9-24)33(43)30-22-40(17-18-42(30)34(44)45-35(2,3)4)32-29-13-12-27(36)19-26(29)11-10-25-7-6-15-38-31(25)32/h6-7,12-13,15,19-20,23-24,30,32H,5,8-11,14,16-18,21-22H2,1-4H3/t30-,32-/m1/s1. The molecule has 0 bridgehead atoms. The lowest BCUT2D eigenvalue weighted by atomic mass is 9.95. The molecule has 2 fully saturated rings. The molecule has 1 aromatic carbocycles. The Bertz CT molecular complexity index is 1530. The van der Waals surface area contributed by atoms with E-state index in [0.29, 0.717) is 50.1 Å². The summed E-state index contributed by atoms with van der Waals surface area (Å²) in [7, 11) is 0. The predicted molar refractivity (Wildman–Crippen MR) is 174 cm³/mol. The first-order valence-electron chi connectivity index (χ1n) is 16.3. The summed E-state index contributed by atoms with van der Waals surface area (Å²) in [6, 6.07) is 9.43. The number of pyridine rings is 1. The van der Waals surface area contributed by atoms with Gasteiger partial charge < -0.3 is 14.2 Å². The Balaban J connectivity index is 1.34. The van der Waals surface area contributed by atoms with Crippen LogP contribution in [0.2, 0.25) is 5.02 Å². The molecule has 3 aromatic rings. The lowest BCUT2D eigenvalue weighted by molar-refractivity contribution is -0.140. The van der Waals surface area contributed by atoms with E-state index in [2.05, 4.69) is 39.6 Å². The molecule has 2 amide bonds. The zero-order chi connectivity index (χ0) is 31.7. The highest BCUT2D eigenvalue weighted by atomic mass is 35.5. The summed E-state index contributed by atoms with van der Waals surface area (Å²) in [6.45, 7) is 11.2. The van der Waals surface area contributed by atoms with Crippen molar-refractivity contribution in [2.45, 2.75) is 84.0 Å². The average Bonchev–Trinajstić information content (AvgIpc) is 3.75. The van der Waals surface area contributed by atoms with Crippen LogP contribution in [0.15, 0.2) is 49.1 Å². The molecule has 2 aromatic heterocycles. The van der Waals surface area contributed by atoms with Crippen LogP contribution in [0.1, 0.15) is 74.7 Å². The Labute approximate surface area is 271 Å². The summed E-state index contributed by atoms with van der Waals surface area (Å²) < 4.78 is 7.99. The van der Waals surface area contributed by atoms with Gasteiger partial charge >= 0.3 is 6.09 Å². The number of nitrogens with zero attached hydrogens (tertiary/aromatic N) is 6. The molecule has 240 valence electrons. The minimum absolute atomic E-state index is 0.0220. The van der Waals surface area contributed by atoms with Crippen molar-refractivity contribution in [2.75, 3.05) is 32.7 Å². The molecule has 9 nitrogen and oxygen atoms in total. The Morgan fingerprint density at radius 3 is 2.67 bits per heavy atom. The summed E-state index contributed by atoms with van der Waals surface area (Å²) in [5, 5.41) is 0.717. The topological polar surface area (TPSA) is 83.8 Å². The number of hydrogen-bond donors (Lipinski definition) is 0. The van der Waals surface area contributed by atoms with Gasteiger partial charge in [0.05, 0.1) is 18.1 Å². The van der Waals surface area contributed by atoms with Gasteiger partial charge in [-0.3, -0.25) is 19.6 Å². The van der Waals surface area contributed by atoms with Gasteiger partial charge in [0, 0.05) is 68.8 Å². The molecule has 1 saturated carbocycles. The molecule has 3 aliphatic rings. The fourth-order valence-electron chi connectivity index (χ4n) is 6.75. The fourth-order valence-corrected chi connectivity index (χ4v) is 6.94. The first-order chi connectivity index (χ1) is 21.6. The van der Waals surface area contributed by atoms with Crippen molar-refractivity contribution in [1.29, 1.82) is 0 Å². The molecule has 1 saturated heterocycles. The number of piperazine rings is 1. The molecule has 6 rings (SSSR count). The van der Waals surface area contributed by atoms with Crippen LogP contribution < -0.4 is 0 Å². The van der Waals surface area contributed by atoms with Gasteiger partial charge in [-0.05, 0) is 94.2 Å². The number of imidazole rings is 1. The second-order valence-corrected chi connectivity index (χ2v) is 14.1. The van der Waals surface area contributed by atoms with Crippen molar-refractivity contribution in [2.24, 2.45) is 5.92 Å². The van der Waals surface area contributed by atoms with E-state index in [1.54, 1.807) is 4.90 Å². The number of fused-ring (bicyclic) bond motifs is 2. The summed E-state index contributed by atoms with van der Waals surface area (Å²) in [4.78, 5) is 43.6. The van der Waals surface area contributed by atoms with Crippen LogP contribution >= 0.6 is 11.6 Å². The van der Waals surface area contributed by atoms with E-state index < -0.39 is 17.7 Å². The van der Waals surface area contributed by atoms with E-state index in [9.17, 15) is 9.59 Å². The normalized spacial score (nSPS) is 20.2. The molecule has 1 aliphatic heterocycles. The van der Waals surface area contributed by atoms with Crippen LogP contribution in [0.3, 0.4) is 0 Å². The van der Waals surface area contributed by atoms with Crippen molar-refractivity contribution in [3.63, 3.8) is 0 Å². The largest absolute Gasteiger partial charge is 0.444 e. The van der Waals surface area contributed by atoms with Gasteiger partial charge in [0.1, 0.15) is 11.6 Å². The minimum Gasteiger partial charge on any atom is -0.444 e. The van der Waals surface area contributed by atoms with Crippen molar-refractivity contribution in [1.82, 2.24) is 29.2 Å². The minimum atomic E-state index is -0.686. The second kappa shape index (κ2) is 13.1. The smallest absolute Gasteiger partial charge is 0.411 e. The lowest BCUT2D eigenvalue weighted by Crippen LogP contribution is -2.62. The fraction of sp³-hybridized carbons (Fsp3) is 0.543. The number of halogens is 1. The molecular weight excluding hydrogens is 588 g/mol. The Hall–Kier alpha value is -3.43. The number of rotatable bonds is 8. The molecule has 2 aliphatic carbocycles. The molecule has 0 N–H and O–H groups in total. The number of aromatic nitrogens is 3. The van der Waals surface area contributed by atoms with Crippen molar-refractivity contribution in [3.05, 3.63) is 82.2 Å². The molecule has 10 heteroatoms. The highest BCUT2D eigenvalue weighted by molar-refractivity contribution is 6.30. The molecular formula is C35H45ClN6O3. The molecule has 0 radical (unpaired) electrons. The van der Waals surface area contributed by atoms with Crippen molar-refractivity contribution >= 4 is 23.6 Å². The number of carbonyl (C=O) groups is 2. The number of amides is 2. The number of benzene rings is 1. The van der Waals surface area contributed by atoms with Crippen LogP contribution in [0, 0.1) is 5.92 Å². The Morgan fingerprint density at radius 2 is 1.91 bits per heavy atom. The second-order valence-electron chi connectivity index (χ2n) is 13.6. The highest BCUT2D eigenvalue weighted by Gasteiger charge is 2.43. The van der Waals surface area contributed by atoms with Gasteiger partial charge in [0.2, 0.25) is 5.91 Å². The van der Waals surface area contributed by atoms with E-state index in [-0.39, 0.29) is 11.9 Å². The first kappa shape index (κ1) is 31.5. The lowest BCUT2D eigenvalue weighted by Gasteiger charge is -2.45. The van der Waals surface area contributed by atoms with E-state index in [1.807, 2.05) is 56.5 Å². The van der Waals surface area contributed by atoms with Crippen LogP contribution in [-0.4, -0.2) is 85.6 Å². The summed E-state index contributed by atoms with van der Waals surface area (Å²) in [5.74, 6) is 0.487. The average molecular weight is 633 g/mol. The van der Waals surface area contributed by atoms with E-state index in [4.69, 9.17) is 21.3 Å². The van der Waals surface area contributed by atoms with Crippen LogP contribution in [0.5, 0.6) is 0 Å². The molecule has 0 spiro atoms. The third-order valence-electron chi connectivity index (χ3n) is 9.20. The van der Waals surface area contributed by atoms with E-state index >= 15 is 0 Å². The molecule has 45 heavy (non-hydrogen) atoms. The zero-order valence-electron chi connectivity index (χ0n) is 26.9. The Kier molecular flexibility index (Phi) is 9.20. The SMILES string of the molecule is CCn1cncc1CCN(CC1CC1)C(=O)[C@H]1CN([C@@H]2c3ccc(Cl)cc3CCc3cccnc32)CCN1C(=O)OC(C)(C)C. The third-order valence-corrected chi connectivity index (χ3v) is 9.44. The maximum absolute atomic E-state index is 14.7. The van der Waals surface area contributed by atoms with Gasteiger partial charge in [0.25, 0.3) is 0 Å². The van der Waals surface area contributed by atoms with Crippen molar-refractivity contribution < 1.29 is 14.3 Å². The van der Waals surface area contributed by atoms with Gasteiger partial charge in [-0.2, -0.15) is 0 Å². The predicted octanol–water partition coefficient (Wildman–Crippen LogP) is 5.54. The van der Waals surface area contributed by atoms with Crippen LogP contribution in [-0.2, 0) is 35.3 Å². The van der Waals surface area contributed by atoms with E-state index in [1.165, 1.54) is 11.1 Å². The first-order valence-corrected chi connectivity index (χ1v) is 16.7. The number of aryl methyl sites for hydroxylation is 3. The highest BCUT2D eigenvalue weighted by Crippen LogP contribution is 2.38. The quantitative estimate of drug-likeness (QED) is 0.324. The van der Waals surface area contributed by atoms with Gasteiger partial charge in [-0.15, -0.1) is 0 Å². The van der Waals surface area contributed by atoms with Gasteiger partial charge in [-0.25, -0.2) is 9.78 Å². The molecule has 0 unspecified atom stereocenters. The summed E-state index contributed by atoms with van der Waals surface area (Å²) >= 11 is 6.47. The Morgan fingerprint density at radius 1 is 1.11 bits per heavy atom. The van der Waals surface area contributed by atoms with Gasteiger partial charge in [0.15, 0.2) is 0 Å². The molecule has 3 heterocycles. The maximum atomic E-state index is 14.7. The third kappa shape index (κ3) is 7.20. The summed E-state index contributed by atoms with van der Waals surface area (Å²) in [5.41, 5.74) is 5.02. The van der Waals surface area contributed by atoms with Gasteiger partial charge in [-0.1, -0.05) is 23.7 Å². The van der Waals surface area contributed by atoms with Crippen molar-refractivity contribution in [3.8, 4) is 0 Å². The zero-order valence-corrected chi connectivity index (χ0v) is 27.7. The number of hydrogen-bond acceptors (Lipinski definition) is 6. The van der Waals surface area contributed by atoms with Crippen LogP contribution in [0.4, 0.5) is 4.79 Å². The monoisotopic (exact) mass is 632 g/mol. The number of ether oxygens (including phenoxy) is 1. The van der Waals surface area contributed by atoms with Crippen LogP contribution in [0.25, 0.3) is 0 Å². The molecule has 2 atom stereocenters.